The van der Waals surface area contributed by atoms with Crippen LogP contribution in [0.1, 0.15) is 58.4 Å². The van der Waals surface area contributed by atoms with Gasteiger partial charge in [0.05, 0.1) is 5.69 Å². The Balaban J connectivity index is 1.39. The van der Waals surface area contributed by atoms with Gasteiger partial charge in [-0.25, -0.2) is 0 Å². The summed E-state index contributed by atoms with van der Waals surface area (Å²) in [4.78, 5) is 2.51. The minimum atomic E-state index is -0.0117. The average molecular weight is 556 g/mol. The SMILES string of the molecule is Cc1ccc(N(c2ccc(C)cc2C)c2cc3c(c4ccccc24)-c2cc4c(cc2C3)-c2ccccc2C4(C)C)c(C)c1. The Kier molecular flexibility index (Phi) is 5.56. The number of anilines is 3. The Hall–Kier alpha value is -4.62. The summed E-state index contributed by atoms with van der Waals surface area (Å²) in [7, 11) is 0. The van der Waals surface area contributed by atoms with Crippen molar-refractivity contribution in [1.29, 1.82) is 0 Å². The molecule has 6 aromatic carbocycles. The lowest BCUT2D eigenvalue weighted by molar-refractivity contribution is 0.660. The van der Waals surface area contributed by atoms with E-state index in [9.17, 15) is 0 Å². The maximum absolute atomic E-state index is 2.52. The summed E-state index contributed by atoms with van der Waals surface area (Å²) in [5, 5.41) is 2.62. The Morgan fingerprint density at radius 3 is 1.81 bits per heavy atom. The van der Waals surface area contributed by atoms with E-state index < -0.39 is 0 Å². The van der Waals surface area contributed by atoms with E-state index in [1.807, 2.05) is 0 Å². The zero-order valence-electron chi connectivity index (χ0n) is 26.0. The van der Waals surface area contributed by atoms with Gasteiger partial charge in [0.1, 0.15) is 0 Å². The highest BCUT2D eigenvalue weighted by molar-refractivity contribution is 6.10. The average Bonchev–Trinajstić information content (AvgIpc) is 3.46. The van der Waals surface area contributed by atoms with Gasteiger partial charge in [0.25, 0.3) is 0 Å². The number of fused-ring (bicyclic) bond motifs is 8. The molecule has 0 amide bonds. The number of benzene rings is 6. The van der Waals surface area contributed by atoms with Gasteiger partial charge in [0.2, 0.25) is 0 Å². The molecule has 0 saturated carbocycles. The standard InChI is InChI=1S/C42H37N/c1-25-15-17-38(27(3)19-25)43(39-18-16-26(2)20-28(39)4)40-23-30-21-29-22-35-31-11-9-10-14-36(31)42(5,6)37(35)24-34(29)41(30)33-13-8-7-12-32(33)40/h7-20,22-24H,21H2,1-6H3. The van der Waals surface area contributed by atoms with Crippen molar-refractivity contribution >= 4 is 27.8 Å². The Labute approximate surface area is 255 Å². The number of hydrogen-bond donors (Lipinski definition) is 0. The van der Waals surface area contributed by atoms with Crippen molar-refractivity contribution in [3.63, 3.8) is 0 Å². The second-order valence-electron chi connectivity index (χ2n) is 13.3. The molecule has 0 radical (unpaired) electrons. The maximum atomic E-state index is 2.52. The van der Waals surface area contributed by atoms with Gasteiger partial charge >= 0.3 is 0 Å². The zero-order chi connectivity index (χ0) is 29.6. The van der Waals surface area contributed by atoms with Crippen molar-refractivity contribution in [2.75, 3.05) is 4.90 Å². The molecule has 0 atom stereocenters. The van der Waals surface area contributed by atoms with Gasteiger partial charge in [0.15, 0.2) is 0 Å². The van der Waals surface area contributed by atoms with Gasteiger partial charge < -0.3 is 4.90 Å². The van der Waals surface area contributed by atoms with Gasteiger partial charge in [-0.1, -0.05) is 97.8 Å². The summed E-state index contributed by atoms with van der Waals surface area (Å²) < 4.78 is 0. The van der Waals surface area contributed by atoms with Crippen LogP contribution in [-0.4, -0.2) is 0 Å². The van der Waals surface area contributed by atoms with E-state index >= 15 is 0 Å². The Bertz CT molecular complexity index is 2080. The monoisotopic (exact) mass is 555 g/mol. The van der Waals surface area contributed by atoms with E-state index in [2.05, 4.69) is 150 Å². The molecule has 0 unspecified atom stereocenters. The van der Waals surface area contributed by atoms with E-state index in [1.165, 1.54) is 94.6 Å². The van der Waals surface area contributed by atoms with Crippen LogP contribution in [0.5, 0.6) is 0 Å². The molecule has 0 spiro atoms. The van der Waals surface area contributed by atoms with Crippen LogP contribution in [0.2, 0.25) is 0 Å². The van der Waals surface area contributed by atoms with Crippen LogP contribution < -0.4 is 4.90 Å². The number of nitrogens with zero attached hydrogens (tertiary/aromatic N) is 1. The zero-order valence-corrected chi connectivity index (χ0v) is 26.0. The van der Waals surface area contributed by atoms with Crippen LogP contribution >= 0.6 is 0 Å². The highest BCUT2D eigenvalue weighted by Gasteiger charge is 2.37. The molecule has 0 heterocycles. The van der Waals surface area contributed by atoms with Crippen LogP contribution in [0.4, 0.5) is 17.1 Å². The fraction of sp³-hybridized carbons (Fsp3) is 0.190. The third kappa shape index (κ3) is 3.77. The van der Waals surface area contributed by atoms with Gasteiger partial charge in [0, 0.05) is 22.2 Å². The summed E-state index contributed by atoms with van der Waals surface area (Å²) >= 11 is 0. The molecule has 210 valence electrons. The molecule has 0 saturated heterocycles. The molecule has 8 rings (SSSR count). The second-order valence-corrected chi connectivity index (χ2v) is 13.3. The van der Waals surface area contributed by atoms with Gasteiger partial charge in [-0.3, -0.25) is 0 Å². The first-order valence-electron chi connectivity index (χ1n) is 15.5. The van der Waals surface area contributed by atoms with Gasteiger partial charge in [-0.2, -0.15) is 0 Å². The Morgan fingerprint density at radius 1 is 0.512 bits per heavy atom. The minimum absolute atomic E-state index is 0.0117. The molecule has 0 N–H and O–H groups in total. The quantitative estimate of drug-likeness (QED) is 0.210. The van der Waals surface area contributed by atoms with Crippen molar-refractivity contribution < 1.29 is 0 Å². The summed E-state index contributed by atoms with van der Waals surface area (Å²) in [5.41, 5.74) is 20.2. The normalized spacial score (nSPS) is 13.9. The van der Waals surface area contributed by atoms with Gasteiger partial charge in [-0.05, 0) is 125 Å². The topological polar surface area (TPSA) is 3.24 Å². The first-order valence-corrected chi connectivity index (χ1v) is 15.5. The lowest BCUT2D eigenvalue weighted by Gasteiger charge is -2.31. The van der Waals surface area contributed by atoms with Crippen molar-refractivity contribution in [3.8, 4) is 22.3 Å². The van der Waals surface area contributed by atoms with E-state index in [-0.39, 0.29) is 5.41 Å². The van der Waals surface area contributed by atoms with Crippen LogP contribution in [0.3, 0.4) is 0 Å². The molecule has 1 heteroatoms. The fourth-order valence-corrected chi connectivity index (χ4v) is 7.93. The highest BCUT2D eigenvalue weighted by Crippen LogP contribution is 2.54. The molecule has 0 aliphatic heterocycles. The summed E-state index contributed by atoms with van der Waals surface area (Å²) in [5.74, 6) is 0. The first-order chi connectivity index (χ1) is 20.7. The first kappa shape index (κ1) is 26.0. The third-order valence-corrected chi connectivity index (χ3v) is 9.99. The lowest BCUT2D eigenvalue weighted by Crippen LogP contribution is -2.15. The van der Waals surface area contributed by atoms with E-state index in [1.54, 1.807) is 0 Å². The summed E-state index contributed by atoms with van der Waals surface area (Å²) in [6.07, 6.45) is 0.950. The van der Waals surface area contributed by atoms with Crippen LogP contribution in [0.15, 0.2) is 103 Å². The molecule has 0 aromatic heterocycles. The molecule has 6 aromatic rings. The van der Waals surface area contributed by atoms with E-state index in [0.29, 0.717) is 0 Å². The van der Waals surface area contributed by atoms with Crippen molar-refractivity contribution in [2.24, 2.45) is 0 Å². The van der Waals surface area contributed by atoms with Gasteiger partial charge in [-0.15, -0.1) is 0 Å². The number of rotatable bonds is 3. The summed E-state index contributed by atoms with van der Waals surface area (Å²) in [6, 6.07) is 39.2. The second kappa shape index (κ2) is 9.19. The highest BCUT2D eigenvalue weighted by atomic mass is 15.1. The summed E-state index contributed by atoms with van der Waals surface area (Å²) in [6.45, 7) is 13.6. The molecule has 43 heavy (non-hydrogen) atoms. The Morgan fingerprint density at radius 2 is 1.14 bits per heavy atom. The molecule has 2 aliphatic carbocycles. The molecular weight excluding hydrogens is 518 g/mol. The van der Waals surface area contributed by atoms with Crippen molar-refractivity contribution in [2.45, 2.75) is 53.4 Å². The molecule has 2 aliphatic rings. The van der Waals surface area contributed by atoms with Crippen LogP contribution in [-0.2, 0) is 11.8 Å². The van der Waals surface area contributed by atoms with E-state index in [4.69, 9.17) is 0 Å². The molecular formula is C42H37N. The van der Waals surface area contributed by atoms with E-state index in [0.717, 1.165) is 6.42 Å². The predicted octanol–water partition coefficient (Wildman–Crippen LogP) is 11.4. The third-order valence-electron chi connectivity index (χ3n) is 9.99. The lowest BCUT2D eigenvalue weighted by atomic mass is 9.81. The predicted molar refractivity (Wildman–Crippen MR) is 183 cm³/mol. The van der Waals surface area contributed by atoms with Crippen molar-refractivity contribution in [1.82, 2.24) is 0 Å². The molecule has 0 bridgehead atoms. The molecule has 0 fully saturated rings. The fourth-order valence-electron chi connectivity index (χ4n) is 7.93. The molecule has 1 nitrogen and oxygen atoms in total. The van der Waals surface area contributed by atoms with Crippen LogP contribution in [0, 0.1) is 27.7 Å². The maximum Gasteiger partial charge on any atom is 0.0543 e. The number of aryl methyl sites for hydroxylation is 4. The smallest absolute Gasteiger partial charge is 0.0543 e. The number of hydrogen-bond acceptors (Lipinski definition) is 1. The minimum Gasteiger partial charge on any atom is -0.309 e. The van der Waals surface area contributed by atoms with Crippen LogP contribution in [0.25, 0.3) is 33.0 Å². The largest absolute Gasteiger partial charge is 0.309 e. The van der Waals surface area contributed by atoms with Crippen molar-refractivity contribution in [3.05, 3.63) is 148 Å².